The Kier molecular flexibility index (Phi) is 7.52. The summed E-state index contributed by atoms with van der Waals surface area (Å²) in [6.45, 7) is 3.13. The van der Waals surface area contributed by atoms with Crippen molar-refractivity contribution < 1.29 is 38.9 Å². The number of amides is 4. The molecule has 5 aliphatic rings. The van der Waals surface area contributed by atoms with Crippen LogP contribution < -0.4 is 26.0 Å². The number of benzene rings is 1. The quantitative estimate of drug-likeness (QED) is 0.133. The maximum Gasteiger partial charge on any atom is 0.414 e. The summed E-state index contributed by atoms with van der Waals surface area (Å²) in [6.07, 6.45) is -0.417. The smallest absolute Gasteiger partial charge is 0.414 e. The summed E-state index contributed by atoms with van der Waals surface area (Å²) < 4.78 is 8.73. The molecule has 44 heavy (non-hydrogen) atoms. The molecule has 0 radical (unpaired) electrons. The Morgan fingerprint density at radius 2 is 1.93 bits per heavy atom. The predicted molar refractivity (Wildman–Crippen MR) is 155 cm³/mol. The van der Waals surface area contributed by atoms with Gasteiger partial charge in [0.05, 0.1) is 36.6 Å². The van der Waals surface area contributed by atoms with Crippen LogP contribution in [-0.4, -0.2) is 109 Å². The van der Waals surface area contributed by atoms with Gasteiger partial charge < -0.3 is 40.5 Å². The van der Waals surface area contributed by atoms with E-state index in [-0.39, 0.29) is 43.3 Å². The average molecular weight is 673 g/mol. The number of aliphatic hydroxyl groups is 2. The molecule has 1 aromatic carbocycles. The summed E-state index contributed by atoms with van der Waals surface area (Å²) in [7, 11) is 0. The Morgan fingerprint density at radius 1 is 1.20 bits per heavy atom. The van der Waals surface area contributed by atoms with Crippen molar-refractivity contribution in [3.8, 4) is 5.75 Å². The second kappa shape index (κ2) is 10.8. The zero-order valence-corrected chi connectivity index (χ0v) is 25.2. The number of alkyl halides is 3. The molecule has 6 rings (SSSR count). The Bertz CT molecular complexity index is 1470. The van der Waals surface area contributed by atoms with Gasteiger partial charge in [-0.05, 0) is 11.6 Å². The highest BCUT2D eigenvalue weighted by molar-refractivity contribution is 6.67. The van der Waals surface area contributed by atoms with Gasteiger partial charge in [0.15, 0.2) is 5.66 Å². The van der Waals surface area contributed by atoms with Crippen LogP contribution in [0.5, 0.6) is 5.75 Å². The summed E-state index contributed by atoms with van der Waals surface area (Å²) in [5.41, 5.74) is -0.867. The molecule has 6 N–H and O–H groups in total. The number of imide groups is 1. The lowest BCUT2D eigenvalue weighted by Gasteiger charge is -2.49. The highest BCUT2D eigenvalue weighted by atomic mass is 35.6. The van der Waals surface area contributed by atoms with Gasteiger partial charge in [-0.25, -0.2) is 9.79 Å². The zero-order valence-electron chi connectivity index (χ0n) is 22.9. The minimum Gasteiger partial charge on any atom is -0.492 e. The van der Waals surface area contributed by atoms with Crippen molar-refractivity contribution in [2.45, 2.75) is 52.6 Å². The fourth-order valence-corrected chi connectivity index (χ4v) is 6.51. The maximum absolute atomic E-state index is 13.5. The molecule has 1 unspecified atom stereocenters. The molecule has 0 saturated carbocycles. The molecule has 15 nitrogen and oxygen atoms in total. The molecule has 4 atom stereocenters. The molecular formula is C26H28Cl3N7O8. The number of rotatable bonds is 5. The molecule has 0 bridgehead atoms. The lowest BCUT2D eigenvalue weighted by Crippen LogP contribution is -2.78. The number of carbonyl (C=O) groups excluding carboxylic acids is 4. The molecule has 1 spiro atoms. The number of hydrogen-bond acceptors (Lipinski definition) is 12. The van der Waals surface area contributed by atoms with Crippen LogP contribution in [0.4, 0.5) is 4.79 Å². The van der Waals surface area contributed by atoms with Crippen LogP contribution in [0.3, 0.4) is 0 Å². The number of para-hydroxylation sites is 1. The van der Waals surface area contributed by atoms with Crippen LogP contribution in [0, 0.1) is 0 Å². The fourth-order valence-electron chi connectivity index (χ4n) is 6.35. The van der Waals surface area contributed by atoms with Crippen molar-refractivity contribution in [3.63, 3.8) is 0 Å². The molecule has 5 aliphatic heterocycles. The minimum atomic E-state index is -2.76. The third-order valence-corrected chi connectivity index (χ3v) is 8.58. The number of halogens is 3. The summed E-state index contributed by atoms with van der Waals surface area (Å²) in [5.74, 6) is -3.89. The molecule has 5 heterocycles. The summed E-state index contributed by atoms with van der Waals surface area (Å²) in [4.78, 5) is 58.2. The number of nitrogens with one attached hydrogen (secondary N) is 4. The number of likely N-dealkylation sites (tertiary alicyclic amines) is 1. The van der Waals surface area contributed by atoms with E-state index in [1.807, 2.05) is 6.07 Å². The molecule has 0 aromatic heterocycles. The summed E-state index contributed by atoms with van der Waals surface area (Å²) in [5, 5.41) is 34.9. The molecule has 0 aliphatic carbocycles. The Morgan fingerprint density at radius 3 is 2.64 bits per heavy atom. The lowest BCUT2D eigenvalue weighted by molar-refractivity contribution is -0.231. The van der Waals surface area contributed by atoms with E-state index in [0.29, 0.717) is 18.8 Å². The first-order chi connectivity index (χ1) is 20.7. The third kappa shape index (κ3) is 5.05. The van der Waals surface area contributed by atoms with Crippen LogP contribution in [0.2, 0.25) is 0 Å². The molecule has 18 heteroatoms. The number of ether oxygens (including phenoxy) is 2. The van der Waals surface area contributed by atoms with Crippen molar-refractivity contribution in [2.24, 2.45) is 4.99 Å². The number of aliphatic imine (C=N–C) groups is 1. The van der Waals surface area contributed by atoms with Gasteiger partial charge in [-0.3, -0.25) is 24.6 Å². The average Bonchev–Trinajstić information content (AvgIpc) is 3.70. The van der Waals surface area contributed by atoms with Crippen molar-refractivity contribution in [2.75, 3.05) is 26.3 Å². The SMILES string of the molecule is C=C1N[C@H]2[C@H](CN3C(=O)CCC3=O)N=C(NC(=O)OCC(Cl)(Cl)Cl)N3CC(NC(=O)c4cccc5c4OCC5)C(O)(O)[C@]23N1. The number of guanidine groups is 1. The largest absolute Gasteiger partial charge is 0.492 e. The van der Waals surface area contributed by atoms with Gasteiger partial charge in [0.1, 0.15) is 18.4 Å². The van der Waals surface area contributed by atoms with E-state index >= 15 is 0 Å². The summed E-state index contributed by atoms with van der Waals surface area (Å²) >= 11 is 17.1. The normalized spacial score (nSPS) is 28.3. The van der Waals surface area contributed by atoms with Crippen LogP contribution in [0.1, 0.15) is 28.8 Å². The van der Waals surface area contributed by atoms with E-state index in [9.17, 15) is 29.4 Å². The molecule has 3 fully saturated rings. The fraction of sp³-hybridized carbons (Fsp3) is 0.500. The van der Waals surface area contributed by atoms with E-state index in [2.05, 4.69) is 32.8 Å². The van der Waals surface area contributed by atoms with Crippen molar-refractivity contribution in [3.05, 3.63) is 41.7 Å². The van der Waals surface area contributed by atoms with Gasteiger partial charge >= 0.3 is 6.09 Å². The van der Waals surface area contributed by atoms with Crippen molar-refractivity contribution in [1.29, 1.82) is 0 Å². The van der Waals surface area contributed by atoms with Gasteiger partial charge in [0.25, 0.3) is 5.91 Å². The van der Waals surface area contributed by atoms with E-state index in [1.54, 1.807) is 12.1 Å². The third-order valence-electron chi connectivity index (χ3n) is 8.26. The standard InChI is InChI=1S/C26H28Cl3N7O8/c1-12-30-20-15(9-35-17(37)5-6-18(35)38)31-22(33-23(40)44-11-24(27,28)29)36-10-16(26(41,42)25(20,36)34-12)32-21(39)14-4-2-3-13-7-8-43-19(13)14/h2-4,15-16,20,30,34,41-42H,1,5-11H2,(H,32,39)(H,31,33,40)/t15-,16?,20-,25-/m0/s1. The molecular weight excluding hydrogens is 645 g/mol. The summed E-state index contributed by atoms with van der Waals surface area (Å²) in [6, 6.07) is 1.66. The van der Waals surface area contributed by atoms with Crippen LogP contribution >= 0.6 is 34.8 Å². The van der Waals surface area contributed by atoms with Gasteiger partial charge in [-0.1, -0.05) is 53.5 Å². The van der Waals surface area contributed by atoms with E-state index in [4.69, 9.17) is 44.3 Å². The highest BCUT2D eigenvalue weighted by Gasteiger charge is 2.74. The zero-order chi connectivity index (χ0) is 31.6. The van der Waals surface area contributed by atoms with Gasteiger partial charge in [-0.15, -0.1) is 0 Å². The number of carbonyl (C=O) groups is 4. The first-order valence-corrected chi connectivity index (χ1v) is 14.8. The molecule has 4 amide bonds. The van der Waals surface area contributed by atoms with Crippen LogP contribution in [-0.2, 0) is 20.7 Å². The Labute approximate surface area is 265 Å². The highest BCUT2D eigenvalue weighted by Crippen LogP contribution is 2.45. The number of alkyl carbamates (subject to hydrolysis) is 1. The second-order valence-corrected chi connectivity index (χ2v) is 13.5. The minimum absolute atomic E-state index is 0.0228. The first kappa shape index (κ1) is 30.5. The van der Waals surface area contributed by atoms with Crippen LogP contribution in [0.15, 0.2) is 35.6 Å². The van der Waals surface area contributed by atoms with Crippen molar-refractivity contribution in [1.82, 2.24) is 31.1 Å². The Hall–Kier alpha value is -3.50. The van der Waals surface area contributed by atoms with E-state index in [1.165, 1.54) is 4.90 Å². The predicted octanol–water partition coefficient (Wildman–Crippen LogP) is -0.571. The van der Waals surface area contributed by atoms with E-state index < -0.39 is 63.8 Å². The van der Waals surface area contributed by atoms with Crippen molar-refractivity contribution >= 4 is 64.6 Å². The topological polar surface area (TPSA) is 194 Å². The van der Waals surface area contributed by atoms with E-state index in [0.717, 1.165) is 10.5 Å². The van der Waals surface area contributed by atoms with Gasteiger partial charge in [0, 0.05) is 25.8 Å². The maximum atomic E-state index is 13.5. The molecule has 236 valence electrons. The number of nitrogens with zero attached hydrogens (tertiary/aromatic N) is 3. The molecule has 3 saturated heterocycles. The number of fused-ring (bicyclic) bond motifs is 1. The second-order valence-electron chi connectivity index (χ2n) is 11.0. The van der Waals surface area contributed by atoms with Gasteiger partial charge in [-0.2, -0.15) is 0 Å². The lowest BCUT2D eigenvalue weighted by atomic mass is 9.85. The number of hydrogen-bond donors (Lipinski definition) is 6. The van der Waals surface area contributed by atoms with Crippen LogP contribution in [0.25, 0.3) is 0 Å². The first-order valence-electron chi connectivity index (χ1n) is 13.6. The van der Waals surface area contributed by atoms with Gasteiger partial charge in [0.2, 0.25) is 27.4 Å². The monoisotopic (exact) mass is 671 g/mol. The Balaban J connectivity index is 1.35. The molecule has 1 aromatic rings.